The largest absolute Gasteiger partial charge is 0.497 e. The maximum absolute atomic E-state index is 10.2. The molecule has 0 spiro atoms. The van der Waals surface area contributed by atoms with E-state index in [1.165, 1.54) is 31.2 Å². The van der Waals surface area contributed by atoms with Crippen molar-refractivity contribution in [3.63, 3.8) is 0 Å². The Kier molecular flexibility index (Phi) is 3.08. The van der Waals surface area contributed by atoms with Gasteiger partial charge in [0.05, 0.1) is 13.2 Å². The molecule has 0 aliphatic heterocycles. The monoisotopic (exact) mass is 286 g/mol. The Morgan fingerprint density at radius 1 is 1.29 bits per heavy atom. The highest BCUT2D eigenvalue weighted by Gasteiger charge is 2.52. The number of fused-ring (bicyclic) bond motifs is 5. The van der Waals surface area contributed by atoms with Gasteiger partial charge >= 0.3 is 0 Å². The van der Waals surface area contributed by atoms with Crippen LogP contribution in [-0.4, -0.2) is 18.3 Å². The lowest BCUT2D eigenvalue weighted by atomic mass is 9.56. The molecule has 0 unspecified atom stereocenters. The molecule has 0 radical (unpaired) electrons. The van der Waals surface area contributed by atoms with Crippen LogP contribution >= 0.6 is 0 Å². The average Bonchev–Trinajstić information content (AvgIpc) is 2.80. The molecule has 3 aliphatic rings. The minimum atomic E-state index is -0.0592. The highest BCUT2D eigenvalue weighted by molar-refractivity contribution is 5.40. The van der Waals surface area contributed by atoms with Crippen LogP contribution in [0.4, 0.5) is 0 Å². The van der Waals surface area contributed by atoms with E-state index in [2.05, 4.69) is 25.1 Å². The molecular weight excluding hydrogens is 260 g/mol. The van der Waals surface area contributed by atoms with E-state index < -0.39 is 0 Å². The Labute approximate surface area is 127 Å². The summed E-state index contributed by atoms with van der Waals surface area (Å²) in [6, 6.07) is 6.67. The van der Waals surface area contributed by atoms with Crippen molar-refractivity contribution in [2.75, 3.05) is 7.11 Å². The fourth-order valence-electron chi connectivity index (χ4n) is 5.71. The van der Waals surface area contributed by atoms with Crippen LogP contribution in [0.5, 0.6) is 5.75 Å². The Morgan fingerprint density at radius 3 is 2.95 bits per heavy atom. The van der Waals surface area contributed by atoms with E-state index in [0.717, 1.165) is 30.4 Å². The van der Waals surface area contributed by atoms with Crippen molar-refractivity contribution in [2.45, 2.75) is 57.5 Å². The molecule has 5 atom stereocenters. The first kappa shape index (κ1) is 13.6. The van der Waals surface area contributed by atoms with Crippen molar-refractivity contribution in [1.29, 1.82) is 0 Å². The van der Waals surface area contributed by atoms with E-state index in [9.17, 15) is 5.11 Å². The Morgan fingerprint density at radius 2 is 2.14 bits per heavy atom. The van der Waals surface area contributed by atoms with E-state index in [0.29, 0.717) is 11.3 Å². The van der Waals surface area contributed by atoms with Gasteiger partial charge in [0.15, 0.2) is 0 Å². The number of benzene rings is 1. The third kappa shape index (κ3) is 2.03. The second-order valence-electron chi connectivity index (χ2n) is 7.77. The van der Waals surface area contributed by atoms with Gasteiger partial charge in [-0.1, -0.05) is 13.0 Å². The summed E-state index contributed by atoms with van der Waals surface area (Å²) in [5.74, 6) is 3.20. The fourth-order valence-corrected chi connectivity index (χ4v) is 5.71. The maximum Gasteiger partial charge on any atom is 0.119 e. The first-order chi connectivity index (χ1) is 10.1. The first-order valence-corrected chi connectivity index (χ1v) is 8.45. The Hall–Kier alpha value is -1.02. The molecule has 2 nitrogen and oxygen atoms in total. The zero-order valence-corrected chi connectivity index (χ0v) is 13.1. The van der Waals surface area contributed by atoms with Crippen LogP contribution in [0.15, 0.2) is 18.2 Å². The SMILES string of the molecule is COc1ccc2c(c1)CC[C@H]1[C@@H]2CC[C@]2(C)C[C@@H](O)C[C@@H]12. The number of hydrogen-bond acceptors (Lipinski definition) is 2. The number of methoxy groups -OCH3 is 1. The van der Waals surface area contributed by atoms with Crippen molar-refractivity contribution in [1.82, 2.24) is 0 Å². The zero-order valence-electron chi connectivity index (χ0n) is 13.1. The summed E-state index contributed by atoms with van der Waals surface area (Å²) in [7, 11) is 1.75. The first-order valence-electron chi connectivity index (χ1n) is 8.45. The molecule has 2 fully saturated rings. The number of aryl methyl sites for hydroxylation is 1. The molecule has 0 bridgehead atoms. The normalized spacial score (nSPS) is 41.1. The number of aliphatic hydroxyl groups is 1. The van der Waals surface area contributed by atoms with Gasteiger partial charge in [0.1, 0.15) is 5.75 Å². The molecule has 0 amide bonds. The van der Waals surface area contributed by atoms with Gasteiger partial charge in [0, 0.05) is 0 Å². The van der Waals surface area contributed by atoms with E-state index in [1.54, 1.807) is 12.7 Å². The van der Waals surface area contributed by atoms with Crippen LogP contribution in [0.25, 0.3) is 0 Å². The summed E-state index contributed by atoms with van der Waals surface area (Å²) in [5, 5.41) is 10.2. The van der Waals surface area contributed by atoms with E-state index >= 15 is 0 Å². The van der Waals surface area contributed by atoms with Crippen molar-refractivity contribution in [3.8, 4) is 5.75 Å². The standard InChI is InChI=1S/C19H26O2/c1-19-8-7-16-15-6-4-14(21-2)9-12(15)3-5-17(16)18(19)10-13(20)11-19/h4,6,9,13,16-18,20H,3,5,7-8,10-11H2,1-2H3/t13-,16+,17-,18-,19+/m0/s1. The van der Waals surface area contributed by atoms with Crippen LogP contribution < -0.4 is 4.74 Å². The summed E-state index contributed by atoms with van der Waals surface area (Å²) in [4.78, 5) is 0. The molecular formula is C19H26O2. The van der Waals surface area contributed by atoms with Gasteiger partial charge in [-0.05, 0) is 85.0 Å². The van der Waals surface area contributed by atoms with E-state index in [-0.39, 0.29) is 6.10 Å². The predicted molar refractivity (Wildman–Crippen MR) is 83.6 cm³/mol. The quantitative estimate of drug-likeness (QED) is 0.848. The van der Waals surface area contributed by atoms with Gasteiger partial charge in [-0.25, -0.2) is 0 Å². The fraction of sp³-hybridized carbons (Fsp3) is 0.684. The van der Waals surface area contributed by atoms with Crippen molar-refractivity contribution >= 4 is 0 Å². The van der Waals surface area contributed by atoms with Crippen LogP contribution in [0, 0.1) is 17.3 Å². The summed E-state index contributed by atoms with van der Waals surface area (Å²) in [6.45, 7) is 2.42. The average molecular weight is 286 g/mol. The summed E-state index contributed by atoms with van der Waals surface area (Å²) >= 11 is 0. The molecule has 2 heteroatoms. The van der Waals surface area contributed by atoms with Gasteiger partial charge in [0.25, 0.3) is 0 Å². The molecule has 0 aromatic heterocycles. The van der Waals surface area contributed by atoms with Crippen molar-refractivity contribution in [3.05, 3.63) is 29.3 Å². The van der Waals surface area contributed by atoms with Gasteiger partial charge in [-0.3, -0.25) is 0 Å². The number of aliphatic hydroxyl groups excluding tert-OH is 1. The predicted octanol–water partition coefficient (Wildman–Crippen LogP) is 3.91. The smallest absolute Gasteiger partial charge is 0.119 e. The lowest BCUT2D eigenvalue weighted by molar-refractivity contribution is 0.0596. The molecule has 21 heavy (non-hydrogen) atoms. The summed E-state index contributed by atoms with van der Waals surface area (Å²) < 4.78 is 5.38. The van der Waals surface area contributed by atoms with Gasteiger partial charge in [0.2, 0.25) is 0 Å². The molecule has 2 saturated carbocycles. The van der Waals surface area contributed by atoms with Crippen molar-refractivity contribution in [2.24, 2.45) is 17.3 Å². The number of hydrogen-bond donors (Lipinski definition) is 1. The van der Waals surface area contributed by atoms with Crippen LogP contribution in [0.1, 0.15) is 56.1 Å². The van der Waals surface area contributed by atoms with Crippen LogP contribution in [0.2, 0.25) is 0 Å². The second kappa shape index (κ2) is 4.74. The number of ether oxygens (including phenoxy) is 1. The Bertz CT molecular complexity index is 552. The molecule has 0 saturated heterocycles. The van der Waals surface area contributed by atoms with Gasteiger partial charge < -0.3 is 9.84 Å². The van der Waals surface area contributed by atoms with E-state index in [4.69, 9.17) is 4.74 Å². The molecule has 114 valence electrons. The molecule has 1 aromatic rings. The highest BCUT2D eigenvalue weighted by Crippen LogP contribution is 2.60. The van der Waals surface area contributed by atoms with Crippen molar-refractivity contribution < 1.29 is 9.84 Å². The third-order valence-electron chi connectivity index (χ3n) is 6.68. The van der Waals surface area contributed by atoms with Gasteiger partial charge in [-0.15, -0.1) is 0 Å². The molecule has 1 N–H and O–H groups in total. The minimum Gasteiger partial charge on any atom is -0.497 e. The van der Waals surface area contributed by atoms with E-state index in [1.807, 2.05) is 0 Å². The zero-order chi connectivity index (χ0) is 14.6. The molecule has 3 aliphatic carbocycles. The minimum absolute atomic E-state index is 0.0592. The molecule has 4 rings (SSSR count). The lowest BCUT2D eigenvalue weighted by Crippen LogP contribution is -2.39. The molecule has 1 aromatic carbocycles. The van der Waals surface area contributed by atoms with Gasteiger partial charge in [-0.2, -0.15) is 0 Å². The maximum atomic E-state index is 10.2. The second-order valence-corrected chi connectivity index (χ2v) is 7.77. The Balaban J connectivity index is 1.68. The topological polar surface area (TPSA) is 29.5 Å². The van der Waals surface area contributed by atoms with Crippen LogP contribution in [0.3, 0.4) is 0 Å². The lowest BCUT2D eigenvalue weighted by Gasteiger charge is -2.49. The molecule has 0 heterocycles. The summed E-state index contributed by atoms with van der Waals surface area (Å²) in [6.07, 6.45) is 7.04. The summed E-state index contributed by atoms with van der Waals surface area (Å²) in [5.41, 5.74) is 3.46. The third-order valence-corrected chi connectivity index (χ3v) is 6.68. The van der Waals surface area contributed by atoms with Crippen LogP contribution in [-0.2, 0) is 6.42 Å². The number of rotatable bonds is 1. The highest BCUT2D eigenvalue weighted by atomic mass is 16.5.